The fraction of sp³-hybridized carbons (Fsp3) is 0.462. The zero-order chi connectivity index (χ0) is 11.0. The van der Waals surface area contributed by atoms with Crippen molar-refractivity contribution >= 4 is 10.9 Å². The fourth-order valence-corrected chi connectivity index (χ4v) is 2.63. The summed E-state index contributed by atoms with van der Waals surface area (Å²) in [7, 11) is 2.02. The van der Waals surface area contributed by atoms with Gasteiger partial charge in [-0.3, -0.25) is 4.68 Å². The summed E-state index contributed by atoms with van der Waals surface area (Å²) in [4.78, 5) is 0. The molecule has 3 rings (SSSR count). The minimum atomic E-state index is 0.590. The maximum atomic E-state index is 4.54. The number of rotatable bonds is 3. The van der Waals surface area contributed by atoms with Gasteiger partial charge in [-0.25, -0.2) is 0 Å². The molecule has 1 aliphatic carbocycles. The summed E-state index contributed by atoms with van der Waals surface area (Å²) in [5.74, 6) is 0.744. The molecule has 16 heavy (non-hydrogen) atoms. The molecule has 3 nitrogen and oxygen atoms in total. The lowest BCUT2D eigenvalue weighted by atomic mass is 9.79. The van der Waals surface area contributed by atoms with E-state index in [2.05, 4.69) is 39.4 Å². The molecule has 0 aliphatic heterocycles. The maximum absolute atomic E-state index is 4.54. The molecule has 2 unspecified atom stereocenters. The van der Waals surface area contributed by atoms with Crippen LogP contribution in [0.4, 0.5) is 0 Å². The molecule has 0 saturated heterocycles. The summed E-state index contributed by atoms with van der Waals surface area (Å²) < 4.78 is 2.21. The lowest BCUT2D eigenvalue weighted by Gasteiger charge is -2.37. The van der Waals surface area contributed by atoms with Crippen molar-refractivity contribution in [1.82, 2.24) is 15.1 Å². The van der Waals surface area contributed by atoms with Gasteiger partial charge < -0.3 is 5.32 Å². The van der Waals surface area contributed by atoms with Crippen LogP contribution in [0.5, 0.6) is 0 Å². The zero-order valence-electron chi connectivity index (χ0n) is 9.56. The molecule has 1 aliphatic rings. The molecule has 3 heteroatoms. The van der Waals surface area contributed by atoms with E-state index in [-0.39, 0.29) is 0 Å². The van der Waals surface area contributed by atoms with E-state index >= 15 is 0 Å². The van der Waals surface area contributed by atoms with Crippen LogP contribution in [0.1, 0.15) is 18.9 Å². The molecule has 0 radical (unpaired) electrons. The van der Waals surface area contributed by atoms with Gasteiger partial charge in [-0.05, 0) is 38.4 Å². The van der Waals surface area contributed by atoms with Crippen molar-refractivity contribution in [2.75, 3.05) is 13.6 Å². The highest BCUT2D eigenvalue weighted by Gasteiger charge is 2.32. The van der Waals surface area contributed by atoms with Gasteiger partial charge in [0.1, 0.15) is 0 Å². The molecule has 1 aromatic carbocycles. The van der Waals surface area contributed by atoms with Gasteiger partial charge in [0.2, 0.25) is 0 Å². The molecular formula is C13H17N3. The molecule has 1 N–H and O–H groups in total. The van der Waals surface area contributed by atoms with E-state index in [4.69, 9.17) is 0 Å². The van der Waals surface area contributed by atoms with Crippen LogP contribution in [0, 0.1) is 5.92 Å². The average molecular weight is 215 g/mol. The van der Waals surface area contributed by atoms with Crippen molar-refractivity contribution in [2.24, 2.45) is 5.92 Å². The summed E-state index contributed by atoms with van der Waals surface area (Å²) in [5, 5.41) is 9.05. The van der Waals surface area contributed by atoms with Gasteiger partial charge in [0.05, 0.1) is 17.8 Å². The van der Waals surface area contributed by atoms with Crippen molar-refractivity contribution in [3.05, 3.63) is 30.5 Å². The van der Waals surface area contributed by atoms with Gasteiger partial charge in [0.25, 0.3) is 0 Å². The Labute approximate surface area is 95.5 Å². The van der Waals surface area contributed by atoms with Crippen LogP contribution in [-0.4, -0.2) is 23.4 Å². The number of hydrogen-bond donors (Lipinski definition) is 1. The van der Waals surface area contributed by atoms with Crippen molar-refractivity contribution in [3.63, 3.8) is 0 Å². The lowest BCUT2D eigenvalue weighted by molar-refractivity contribution is 0.171. The van der Waals surface area contributed by atoms with E-state index in [9.17, 15) is 0 Å². The van der Waals surface area contributed by atoms with E-state index in [1.807, 2.05) is 13.2 Å². The summed E-state index contributed by atoms with van der Waals surface area (Å²) in [5.41, 5.74) is 1.27. The third-order valence-electron chi connectivity index (χ3n) is 3.66. The first-order chi connectivity index (χ1) is 7.90. The predicted octanol–water partition coefficient (Wildman–Crippen LogP) is 2.21. The molecular weight excluding hydrogens is 198 g/mol. The van der Waals surface area contributed by atoms with Gasteiger partial charge in [-0.15, -0.1) is 0 Å². The molecule has 0 spiro atoms. The second-order valence-corrected chi connectivity index (χ2v) is 4.61. The highest BCUT2D eigenvalue weighted by atomic mass is 15.3. The van der Waals surface area contributed by atoms with Crippen LogP contribution in [0.3, 0.4) is 0 Å². The number of nitrogens with zero attached hydrogens (tertiary/aromatic N) is 2. The van der Waals surface area contributed by atoms with Gasteiger partial charge in [-0.2, -0.15) is 5.10 Å². The first kappa shape index (κ1) is 9.85. The van der Waals surface area contributed by atoms with Crippen LogP contribution >= 0.6 is 0 Å². The summed E-state index contributed by atoms with van der Waals surface area (Å²) in [6.07, 6.45) is 4.56. The standard InChI is InChI=1S/C13H17N3/c1-14-8-11-6-7-13(11)16-12-5-3-2-4-10(12)9-15-16/h2-5,9,11,13-14H,6-8H2,1H3. The first-order valence-electron chi connectivity index (χ1n) is 5.97. The minimum Gasteiger partial charge on any atom is -0.319 e. The van der Waals surface area contributed by atoms with Crippen molar-refractivity contribution in [3.8, 4) is 0 Å². The third-order valence-corrected chi connectivity index (χ3v) is 3.66. The molecule has 2 atom stereocenters. The molecule has 0 amide bonds. The van der Waals surface area contributed by atoms with E-state index in [0.29, 0.717) is 6.04 Å². The molecule has 0 bridgehead atoms. The van der Waals surface area contributed by atoms with Gasteiger partial charge in [0, 0.05) is 5.39 Å². The summed E-state index contributed by atoms with van der Waals surface area (Å²) in [6, 6.07) is 9.04. The highest BCUT2D eigenvalue weighted by Crippen LogP contribution is 2.39. The second-order valence-electron chi connectivity index (χ2n) is 4.61. The molecule has 2 aromatic rings. The van der Waals surface area contributed by atoms with Crippen LogP contribution in [-0.2, 0) is 0 Å². The van der Waals surface area contributed by atoms with Gasteiger partial charge in [-0.1, -0.05) is 18.2 Å². The molecule has 1 saturated carbocycles. The predicted molar refractivity (Wildman–Crippen MR) is 65.4 cm³/mol. The summed E-state index contributed by atoms with van der Waals surface area (Å²) in [6.45, 7) is 1.10. The Bertz CT molecular complexity index is 489. The minimum absolute atomic E-state index is 0.590. The number of benzene rings is 1. The number of para-hydroxylation sites is 1. The van der Waals surface area contributed by atoms with Crippen LogP contribution in [0.2, 0.25) is 0 Å². The average Bonchev–Trinajstić information content (AvgIpc) is 2.69. The zero-order valence-corrected chi connectivity index (χ0v) is 9.56. The fourth-order valence-electron chi connectivity index (χ4n) is 2.63. The Kier molecular flexibility index (Phi) is 2.40. The normalized spacial score (nSPS) is 24.6. The Morgan fingerprint density at radius 2 is 2.25 bits per heavy atom. The molecule has 1 heterocycles. The molecule has 1 fully saturated rings. The quantitative estimate of drug-likeness (QED) is 0.850. The van der Waals surface area contributed by atoms with E-state index in [0.717, 1.165) is 12.5 Å². The Hall–Kier alpha value is -1.35. The van der Waals surface area contributed by atoms with Crippen molar-refractivity contribution < 1.29 is 0 Å². The molecule has 1 aromatic heterocycles. The van der Waals surface area contributed by atoms with Gasteiger partial charge in [0.15, 0.2) is 0 Å². The monoisotopic (exact) mass is 215 g/mol. The number of hydrogen-bond acceptors (Lipinski definition) is 2. The first-order valence-corrected chi connectivity index (χ1v) is 5.97. The molecule has 84 valence electrons. The number of fused-ring (bicyclic) bond motifs is 1. The topological polar surface area (TPSA) is 29.9 Å². The third kappa shape index (κ3) is 1.43. The van der Waals surface area contributed by atoms with Crippen molar-refractivity contribution in [2.45, 2.75) is 18.9 Å². The van der Waals surface area contributed by atoms with E-state index < -0.39 is 0 Å². The van der Waals surface area contributed by atoms with E-state index in [1.165, 1.54) is 23.7 Å². The van der Waals surface area contributed by atoms with E-state index in [1.54, 1.807) is 0 Å². The lowest BCUT2D eigenvalue weighted by Crippen LogP contribution is -2.36. The Morgan fingerprint density at radius 1 is 1.38 bits per heavy atom. The highest BCUT2D eigenvalue weighted by molar-refractivity contribution is 5.78. The van der Waals surface area contributed by atoms with Crippen LogP contribution in [0.15, 0.2) is 30.5 Å². The van der Waals surface area contributed by atoms with Crippen molar-refractivity contribution in [1.29, 1.82) is 0 Å². The number of aromatic nitrogens is 2. The van der Waals surface area contributed by atoms with Gasteiger partial charge >= 0.3 is 0 Å². The SMILES string of the molecule is CNCC1CCC1n1ncc2ccccc21. The summed E-state index contributed by atoms with van der Waals surface area (Å²) >= 11 is 0. The van der Waals surface area contributed by atoms with Crippen LogP contribution in [0.25, 0.3) is 10.9 Å². The van der Waals surface area contributed by atoms with Crippen LogP contribution < -0.4 is 5.32 Å². The smallest absolute Gasteiger partial charge is 0.0685 e. The second kappa shape index (κ2) is 3.91. The number of nitrogens with one attached hydrogen (secondary N) is 1. The Balaban J connectivity index is 1.94. The Morgan fingerprint density at radius 3 is 3.00 bits per heavy atom. The maximum Gasteiger partial charge on any atom is 0.0685 e. The largest absolute Gasteiger partial charge is 0.319 e.